The molecule has 1 aromatic rings. The Morgan fingerprint density at radius 1 is 1.13 bits per heavy atom. The van der Waals surface area contributed by atoms with Crippen LogP contribution in [0, 0.1) is 16.0 Å². The summed E-state index contributed by atoms with van der Waals surface area (Å²) in [6.07, 6.45) is -2.46. The van der Waals surface area contributed by atoms with E-state index in [0.717, 1.165) is 5.56 Å². The Kier molecular flexibility index (Phi) is 9.57. The van der Waals surface area contributed by atoms with E-state index in [1.165, 1.54) is 7.11 Å². The molecule has 1 aromatic carbocycles. The zero-order valence-electron chi connectivity index (χ0n) is 26.7. The number of ether oxygens (including phenoxy) is 6. The van der Waals surface area contributed by atoms with Crippen molar-refractivity contribution in [2.24, 2.45) is 16.6 Å². The molecule has 1 unspecified atom stereocenters. The van der Waals surface area contributed by atoms with Gasteiger partial charge in [0.05, 0.1) is 19.8 Å². The number of fused-ring (bicyclic) bond motifs is 2. The van der Waals surface area contributed by atoms with Gasteiger partial charge in [0.15, 0.2) is 16.6 Å². The van der Waals surface area contributed by atoms with Gasteiger partial charge in [0.2, 0.25) is 11.7 Å². The van der Waals surface area contributed by atoms with Crippen molar-refractivity contribution in [1.29, 1.82) is 0 Å². The number of benzene rings is 1. The second-order valence-corrected chi connectivity index (χ2v) is 12.5. The molecule has 1 spiro atoms. The van der Waals surface area contributed by atoms with Crippen LogP contribution in [0.5, 0.6) is 0 Å². The molecule has 0 bridgehead atoms. The highest BCUT2D eigenvalue weighted by Gasteiger charge is 2.74. The quantitative estimate of drug-likeness (QED) is 0.0788. The van der Waals surface area contributed by atoms with Gasteiger partial charge < -0.3 is 39.5 Å². The third-order valence-electron chi connectivity index (χ3n) is 8.36. The minimum Gasteiger partial charge on any atom is -0.467 e. The van der Waals surface area contributed by atoms with Gasteiger partial charge in [-0.25, -0.2) is 19.9 Å². The number of methoxy groups -OCH3 is 1. The molecule has 1 amide bonds. The first-order valence-corrected chi connectivity index (χ1v) is 15.1. The van der Waals surface area contributed by atoms with Crippen molar-refractivity contribution in [1.82, 2.24) is 15.8 Å². The van der Waals surface area contributed by atoms with E-state index in [1.807, 2.05) is 30.3 Å². The van der Waals surface area contributed by atoms with Crippen LogP contribution in [-0.2, 0) is 42.8 Å². The molecule has 4 aliphatic heterocycles. The van der Waals surface area contributed by atoms with Crippen molar-refractivity contribution < 1.29 is 47.9 Å². The van der Waals surface area contributed by atoms with Crippen LogP contribution in [0.2, 0.25) is 0 Å². The molecule has 4 aliphatic rings. The maximum Gasteiger partial charge on any atom is 0.328 e. The van der Waals surface area contributed by atoms with Crippen molar-refractivity contribution in [2.45, 2.75) is 94.4 Å². The van der Waals surface area contributed by atoms with Gasteiger partial charge in [-0.3, -0.25) is 9.63 Å². The average molecular weight is 651 g/mol. The van der Waals surface area contributed by atoms with Gasteiger partial charge >= 0.3 is 5.97 Å². The van der Waals surface area contributed by atoms with Crippen molar-refractivity contribution in [3.05, 3.63) is 46.0 Å². The fraction of sp³-hybridized carbons (Fsp3) is 0.690. The lowest BCUT2D eigenvalue weighted by Crippen LogP contribution is -2.56. The number of hydroxylamine groups is 2. The van der Waals surface area contributed by atoms with Crippen LogP contribution >= 0.6 is 0 Å². The number of esters is 1. The SMILES string of the molecule is COC(=O)C(CCCN=C(N)N[N+](=O)[O-])NC(=O)[C@H]1[C@H](c2ccccc2)N(C)O[C@@]12O[C@H]([C@H]1COC(C)(C)O1)[C@H]1OC(C)(C)O[C@H]12. The third kappa shape index (κ3) is 6.80. The molecule has 5 rings (SSSR count). The van der Waals surface area contributed by atoms with E-state index in [1.54, 1.807) is 45.2 Å². The predicted molar refractivity (Wildman–Crippen MR) is 158 cm³/mol. The van der Waals surface area contributed by atoms with E-state index in [4.69, 9.17) is 39.0 Å². The molecule has 4 saturated heterocycles. The van der Waals surface area contributed by atoms with Gasteiger partial charge in [0, 0.05) is 13.6 Å². The standard InChI is InChI=1S/C29H42N6O11/c1-27(2)41-15-18(42-27)21-22-23(45-28(3,4)43-22)29(44-21)19(20(34(5)46-29)16-11-8-7-9-12-16)24(36)32-17(25(37)40-6)13-10-14-31-26(30)33-35(38)39/h7-9,11-12,17-23H,10,13-15H2,1-6H3,(H,32,36)(H3,30,31,33)/t17?,18-,19-,20+,21-,22-,23-,29+/m1/s1. The molecule has 254 valence electrons. The minimum absolute atomic E-state index is 0.0521. The molecule has 4 fully saturated rings. The fourth-order valence-corrected chi connectivity index (χ4v) is 6.60. The Hall–Kier alpha value is -3.45. The van der Waals surface area contributed by atoms with Gasteiger partial charge in [0.1, 0.15) is 36.4 Å². The molecule has 0 saturated carbocycles. The van der Waals surface area contributed by atoms with Crippen LogP contribution in [0.1, 0.15) is 52.1 Å². The summed E-state index contributed by atoms with van der Waals surface area (Å²) < 4.78 is 36.5. The Morgan fingerprint density at radius 3 is 2.48 bits per heavy atom. The van der Waals surface area contributed by atoms with E-state index in [9.17, 15) is 19.7 Å². The maximum absolute atomic E-state index is 14.5. The normalized spacial score (nSPS) is 33.9. The number of carbonyl (C=O) groups excluding carboxylic acids is 2. The Bertz CT molecular complexity index is 1330. The maximum atomic E-state index is 14.5. The highest BCUT2D eigenvalue weighted by atomic mass is 16.9. The lowest BCUT2D eigenvalue weighted by Gasteiger charge is -2.35. The molecule has 4 N–H and O–H groups in total. The Morgan fingerprint density at radius 2 is 1.85 bits per heavy atom. The number of nitrogens with two attached hydrogens (primary N) is 1. The number of hydrogen-bond acceptors (Lipinski definition) is 13. The van der Waals surface area contributed by atoms with E-state index < -0.39 is 76.7 Å². The van der Waals surface area contributed by atoms with E-state index >= 15 is 0 Å². The van der Waals surface area contributed by atoms with Crippen LogP contribution in [0.3, 0.4) is 0 Å². The summed E-state index contributed by atoms with van der Waals surface area (Å²) in [6.45, 7) is 7.44. The number of aliphatic imine (C=N–C) groups is 1. The van der Waals surface area contributed by atoms with Gasteiger partial charge in [-0.2, -0.15) is 5.06 Å². The number of nitro groups is 1. The molecule has 8 atom stereocenters. The van der Waals surface area contributed by atoms with E-state index in [-0.39, 0.29) is 32.0 Å². The summed E-state index contributed by atoms with van der Waals surface area (Å²) in [4.78, 5) is 48.4. The fourth-order valence-electron chi connectivity index (χ4n) is 6.60. The van der Waals surface area contributed by atoms with Gasteiger partial charge in [-0.05, 0) is 46.1 Å². The minimum atomic E-state index is -1.69. The Balaban J connectivity index is 1.46. The average Bonchev–Trinajstić information content (AvgIpc) is 3.68. The van der Waals surface area contributed by atoms with Crippen molar-refractivity contribution in [3.63, 3.8) is 0 Å². The topological polar surface area (TPSA) is 208 Å². The van der Waals surface area contributed by atoms with Crippen LogP contribution < -0.4 is 16.5 Å². The second-order valence-electron chi connectivity index (χ2n) is 12.5. The smallest absolute Gasteiger partial charge is 0.328 e. The number of rotatable bonds is 10. The summed E-state index contributed by atoms with van der Waals surface area (Å²) in [5.41, 5.74) is 8.01. The van der Waals surface area contributed by atoms with Crippen LogP contribution in [-0.4, -0.2) is 103 Å². The lowest BCUT2D eigenvalue weighted by atomic mass is 9.83. The van der Waals surface area contributed by atoms with E-state index in [2.05, 4.69) is 10.3 Å². The Labute approximate surface area is 266 Å². The summed E-state index contributed by atoms with van der Waals surface area (Å²) in [7, 11) is 2.92. The number of amides is 1. The second kappa shape index (κ2) is 13.0. The molecular formula is C29H42N6O11. The highest BCUT2D eigenvalue weighted by molar-refractivity contribution is 5.87. The number of guanidine groups is 1. The van der Waals surface area contributed by atoms with E-state index in [0.29, 0.717) is 0 Å². The van der Waals surface area contributed by atoms with Gasteiger partial charge in [-0.15, -0.1) is 0 Å². The highest BCUT2D eigenvalue weighted by Crippen LogP contribution is 2.57. The molecule has 17 heteroatoms. The summed E-state index contributed by atoms with van der Waals surface area (Å²) in [6, 6.07) is 7.56. The van der Waals surface area contributed by atoms with Gasteiger partial charge in [-0.1, -0.05) is 35.8 Å². The molecule has 17 nitrogen and oxygen atoms in total. The predicted octanol–water partition coefficient (Wildman–Crippen LogP) is 0.522. The molecule has 0 aliphatic carbocycles. The first-order chi connectivity index (χ1) is 21.7. The third-order valence-corrected chi connectivity index (χ3v) is 8.36. The zero-order valence-corrected chi connectivity index (χ0v) is 26.7. The summed E-state index contributed by atoms with van der Waals surface area (Å²) in [5, 5.41) is 14.2. The van der Waals surface area contributed by atoms with Crippen LogP contribution in [0.15, 0.2) is 35.3 Å². The number of nitrogens with one attached hydrogen (secondary N) is 2. The first kappa shape index (κ1) is 33.9. The summed E-state index contributed by atoms with van der Waals surface area (Å²) >= 11 is 0. The van der Waals surface area contributed by atoms with Crippen molar-refractivity contribution in [2.75, 3.05) is 27.3 Å². The molecule has 4 heterocycles. The number of hydrogen-bond donors (Lipinski definition) is 3. The van der Waals surface area contributed by atoms with Crippen LogP contribution in [0.4, 0.5) is 0 Å². The summed E-state index contributed by atoms with van der Waals surface area (Å²) in [5.74, 6) is -6.27. The van der Waals surface area contributed by atoms with Crippen molar-refractivity contribution in [3.8, 4) is 0 Å². The molecular weight excluding hydrogens is 608 g/mol. The van der Waals surface area contributed by atoms with Gasteiger partial charge in [0.25, 0.3) is 5.96 Å². The van der Waals surface area contributed by atoms with Crippen molar-refractivity contribution >= 4 is 17.8 Å². The largest absolute Gasteiger partial charge is 0.467 e. The number of hydrazine groups is 1. The zero-order chi connectivity index (χ0) is 33.4. The molecule has 0 radical (unpaired) electrons. The number of carbonyl (C=O) groups is 2. The van der Waals surface area contributed by atoms with Crippen LogP contribution in [0.25, 0.3) is 0 Å². The first-order valence-electron chi connectivity index (χ1n) is 15.1. The number of nitrogens with zero attached hydrogens (tertiary/aromatic N) is 3. The lowest BCUT2D eigenvalue weighted by molar-refractivity contribution is -0.525. The molecule has 46 heavy (non-hydrogen) atoms. The molecule has 0 aromatic heterocycles. The monoisotopic (exact) mass is 650 g/mol.